The van der Waals surface area contributed by atoms with E-state index < -0.39 is 0 Å². The molecule has 2 heterocycles. The lowest BCUT2D eigenvalue weighted by molar-refractivity contribution is 0.0694. The third-order valence-electron chi connectivity index (χ3n) is 4.29. The Morgan fingerprint density at radius 3 is 2.75 bits per heavy atom. The van der Waals surface area contributed by atoms with Crippen molar-refractivity contribution >= 4 is 41.6 Å². The number of pyridine rings is 1. The van der Waals surface area contributed by atoms with Crippen molar-refractivity contribution in [2.24, 2.45) is 0 Å². The van der Waals surface area contributed by atoms with Crippen LogP contribution in [0.1, 0.15) is 35.8 Å². The molecule has 0 aliphatic carbocycles. The number of nitrogens with one attached hydrogen (secondary N) is 1. The van der Waals surface area contributed by atoms with Crippen LogP contribution in [0.3, 0.4) is 0 Å². The topological polar surface area (TPSA) is 45.2 Å². The molecule has 24 heavy (non-hydrogen) atoms. The van der Waals surface area contributed by atoms with Crippen LogP contribution in [0.15, 0.2) is 30.3 Å². The van der Waals surface area contributed by atoms with Crippen LogP contribution < -0.4 is 5.32 Å². The third-order valence-corrected chi connectivity index (χ3v) is 4.29. The van der Waals surface area contributed by atoms with Crippen molar-refractivity contribution < 1.29 is 4.79 Å². The Hall–Kier alpha value is -1.36. The molecular formula is C18H25Cl2N3O. The van der Waals surface area contributed by atoms with E-state index in [2.05, 4.69) is 17.2 Å². The number of nitrogens with zero attached hydrogens (tertiary/aromatic N) is 2. The lowest BCUT2D eigenvalue weighted by Gasteiger charge is -2.28. The maximum Gasteiger partial charge on any atom is 0.256 e. The van der Waals surface area contributed by atoms with Gasteiger partial charge < -0.3 is 10.2 Å². The molecule has 2 aromatic rings. The molecule has 4 nitrogen and oxygen atoms in total. The van der Waals surface area contributed by atoms with Crippen molar-refractivity contribution in [1.82, 2.24) is 15.2 Å². The van der Waals surface area contributed by atoms with Crippen molar-refractivity contribution in [1.29, 1.82) is 0 Å². The van der Waals surface area contributed by atoms with Gasteiger partial charge in [0.2, 0.25) is 0 Å². The van der Waals surface area contributed by atoms with E-state index in [-0.39, 0.29) is 30.7 Å². The second kappa shape index (κ2) is 9.21. The Labute approximate surface area is 155 Å². The second-order valence-electron chi connectivity index (χ2n) is 5.98. The number of benzene rings is 1. The highest BCUT2D eigenvalue weighted by molar-refractivity contribution is 6.05. The molecule has 1 aromatic carbocycles. The standard InChI is InChI=1S/C18H23N3O.2ClH/c1-3-11-21(15-9-10-19-12-15)18(22)16-6-4-5-14-8-7-13(2)20-17(14)16;;/h4-8,15,19H,3,9-12H2,1-2H3;2*1H. The Kier molecular flexibility index (Phi) is 7.94. The molecule has 1 aromatic heterocycles. The van der Waals surface area contributed by atoms with Crippen LogP contribution in [0, 0.1) is 6.92 Å². The van der Waals surface area contributed by atoms with Crippen LogP contribution in [0.2, 0.25) is 0 Å². The van der Waals surface area contributed by atoms with Gasteiger partial charge in [0, 0.05) is 30.2 Å². The summed E-state index contributed by atoms with van der Waals surface area (Å²) in [5.41, 5.74) is 2.48. The number of fused-ring (bicyclic) bond motifs is 1. The van der Waals surface area contributed by atoms with Gasteiger partial charge in [0.25, 0.3) is 5.91 Å². The summed E-state index contributed by atoms with van der Waals surface area (Å²) in [6.45, 7) is 6.76. The minimum Gasteiger partial charge on any atom is -0.334 e. The number of hydrogen-bond donors (Lipinski definition) is 1. The monoisotopic (exact) mass is 369 g/mol. The van der Waals surface area contributed by atoms with E-state index in [0.29, 0.717) is 6.04 Å². The minimum atomic E-state index is 0. The Morgan fingerprint density at radius 1 is 1.29 bits per heavy atom. The lowest BCUT2D eigenvalue weighted by atomic mass is 10.1. The number of halogens is 2. The summed E-state index contributed by atoms with van der Waals surface area (Å²) in [7, 11) is 0. The molecule has 1 fully saturated rings. The molecule has 1 unspecified atom stereocenters. The van der Waals surface area contributed by atoms with Gasteiger partial charge >= 0.3 is 0 Å². The Balaban J connectivity index is 0.00000144. The molecular weight excluding hydrogens is 345 g/mol. The summed E-state index contributed by atoms with van der Waals surface area (Å²) >= 11 is 0. The van der Waals surface area contributed by atoms with Crippen LogP contribution >= 0.6 is 24.8 Å². The summed E-state index contributed by atoms with van der Waals surface area (Å²) < 4.78 is 0. The summed E-state index contributed by atoms with van der Waals surface area (Å²) in [5, 5.41) is 4.38. The van der Waals surface area contributed by atoms with Crippen LogP contribution in [0.5, 0.6) is 0 Å². The van der Waals surface area contributed by atoms with Crippen molar-refractivity contribution in [3.05, 3.63) is 41.6 Å². The lowest BCUT2D eigenvalue weighted by Crippen LogP contribution is -2.42. The summed E-state index contributed by atoms with van der Waals surface area (Å²) in [5.74, 6) is 0.110. The largest absolute Gasteiger partial charge is 0.334 e. The number of aromatic nitrogens is 1. The maximum absolute atomic E-state index is 13.1. The van der Waals surface area contributed by atoms with Crippen LogP contribution in [-0.2, 0) is 0 Å². The van der Waals surface area contributed by atoms with E-state index >= 15 is 0 Å². The SMILES string of the molecule is CCCN(C(=O)c1cccc2ccc(C)nc12)C1CCNC1.Cl.Cl. The molecule has 1 saturated heterocycles. The smallest absolute Gasteiger partial charge is 0.256 e. The molecule has 132 valence electrons. The molecule has 6 heteroatoms. The highest BCUT2D eigenvalue weighted by Crippen LogP contribution is 2.21. The Morgan fingerprint density at radius 2 is 2.08 bits per heavy atom. The number of hydrogen-bond acceptors (Lipinski definition) is 3. The van der Waals surface area contributed by atoms with Gasteiger partial charge in [-0.1, -0.05) is 25.1 Å². The average Bonchev–Trinajstić information content (AvgIpc) is 3.05. The summed E-state index contributed by atoms with van der Waals surface area (Å²) in [6.07, 6.45) is 2.00. The molecule has 0 saturated carbocycles. The maximum atomic E-state index is 13.1. The fourth-order valence-corrected chi connectivity index (χ4v) is 3.17. The molecule has 0 spiro atoms. The Bertz CT molecular complexity index is 687. The zero-order valence-electron chi connectivity index (χ0n) is 14.1. The van der Waals surface area contributed by atoms with Crippen LogP contribution in [-0.4, -0.2) is 41.5 Å². The zero-order valence-corrected chi connectivity index (χ0v) is 15.8. The minimum absolute atomic E-state index is 0. The highest BCUT2D eigenvalue weighted by atomic mass is 35.5. The van der Waals surface area contributed by atoms with E-state index in [1.807, 2.05) is 42.2 Å². The second-order valence-corrected chi connectivity index (χ2v) is 5.98. The van der Waals surface area contributed by atoms with Gasteiger partial charge in [0.1, 0.15) is 0 Å². The van der Waals surface area contributed by atoms with Gasteiger partial charge in [0.15, 0.2) is 0 Å². The molecule has 0 bridgehead atoms. The average molecular weight is 370 g/mol. The first-order chi connectivity index (χ1) is 10.7. The van der Waals surface area contributed by atoms with Gasteiger partial charge in [-0.2, -0.15) is 0 Å². The van der Waals surface area contributed by atoms with Crippen LogP contribution in [0.4, 0.5) is 0 Å². The fraction of sp³-hybridized carbons (Fsp3) is 0.444. The number of carbonyl (C=O) groups is 1. The number of rotatable bonds is 4. The molecule has 3 rings (SSSR count). The highest BCUT2D eigenvalue weighted by Gasteiger charge is 2.27. The predicted molar refractivity (Wildman–Crippen MR) is 104 cm³/mol. The van der Waals surface area contributed by atoms with E-state index in [9.17, 15) is 4.79 Å². The van der Waals surface area contributed by atoms with Crippen molar-refractivity contribution in [3.8, 4) is 0 Å². The van der Waals surface area contributed by atoms with Crippen molar-refractivity contribution in [2.75, 3.05) is 19.6 Å². The van der Waals surface area contributed by atoms with Crippen molar-refractivity contribution in [3.63, 3.8) is 0 Å². The van der Waals surface area contributed by atoms with Gasteiger partial charge in [-0.15, -0.1) is 24.8 Å². The number of para-hydroxylation sites is 1. The van der Waals surface area contributed by atoms with Gasteiger partial charge in [-0.3, -0.25) is 9.78 Å². The number of aryl methyl sites for hydroxylation is 1. The first-order valence-corrected chi connectivity index (χ1v) is 8.08. The number of amides is 1. The molecule has 1 aliphatic heterocycles. The zero-order chi connectivity index (χ0) is 15.5. The molecule has 1 aliphatic rings. The first-order valence-electron chi connectivity index (χ1n) is 8.08. The van der Waals surface area contributed by atoms with Crippen molar-refractivity contribution in [2.45, 2.75) is 32.7 Å². The van der Waals surface area contributed by atoms with Gasteiger partial charge in [-0.25, -0.2) is 0 Å². The normalized spacial score (nSPS) is 16.3. The quantitative estimate of drug-likeness (QED) is 0.895. The molecule has 1 N–H and O–H groups in total. The first kappa shape index (κ1) is 20.7. The number of carbonyl (C=O) groups excluding carboxylic acids is 1. The van der Waals surface area contributed by atoms with Gasteiger partial charge in [-0.05, 0) is 38.4 Å². The third kappa shape index (κ3) is 4.18. The van der Waals surface area contributed by atoms with E-state index in [0.717, 1.165) is 54.6 Å². The fourth-order valence-electron chi connectivity index (χ4n) is 3.17. The summed E-state index contributed by atoms with van der Waals surface area (Å²) in [6, 6.07) is 10.2. The molecule has 0 radical (unpaired) electrons. The molecule has 1 amide bonds. The van der Waals surface area contributed by atoms with E-state index in [4.69, 9.17) is 0 Å². The summed E-state index contributed by atoms with van der Waals surface area (Å²) in [4.78, 5) is 19.7. The van der Waals surface area contributed by atoms with Crippen LogP contribution in [0.25, 0.3) is 10.9 Å². The van der Waals surface area contributed by atoms with E-state index in [1.165, 1.54) is 0 Å². The predicted octanol–water partition coefficient (Wildman–Crippen LogP) is 3.60. The molecule has 1 atom stereocenters. The van der Waals surface area contributed by atoms with E-state index in [1.54, 1.807) is 0 Å². The van der Waals surface area contributed by atoms with Gasteiger partial charge in [0.05, 0.1) is 11.1 Å².